The standard InChI is InChI=1S/C22H16N4O5S/c27-21-16-9-4-5-10-17(16)24(20-18(25(28)29)11-6-12-19(20)26(30)31)22(32)23(21)14-13-15-7-2-1-3-8-15/h1-12H,13-14H2. The monoisotopic (exact) mass is 448 g/mol. The number of nitro groups is 2. The van der Waals surface area contributed by atoms with E-state index >= 15 is 0 Å². The Bertz CT molecular complexity index is 1450. The third-order valence-electron chi connectivity index (χ3n) is 5.12. The minimum absolute atomic E-state index is 0.0537. The number of para-hydroxylation sites is 2. The second-order valence-electron chi connectivity index (χ2n) is 6.99. The number of hydrogen-bond acceptors (Lipinski definition) is 6. The van der Waals surface area contributed by atoms with Gasteiger partial charge in [-0.3, -0.25) is 34.2 Å². The van der Waals surface area contributed by atoms with Crippen molar-refractivity contribution in [2.75, 3.05) is 0 Å². The number of rotatable bonds is 6. The fourth-order valence-electron chi connectivity index (χ4n) is 3.65. The Morgan fingerprint density at radius 1 is 0.812 bits per heavy atom. The largest absolute Gasteiger partial charge is 0.300 e. The summed E-state index contributed by atoms with van der Waals surface area (Å²) in [6.45, 7) is 0.209. The smallest absolute Gasteiger partial charge is 0.284 e. The van der Waals surface area contributed by atoms with Gasteiger partial charge in [-0.05, 0) is 42.4 Å². The van der Waals surface area contributed by atoms with Gasteiger partial charge < -0.3 is 0 Å². The number of aromatic nitrogens is 2. The average Bonchev–Trinajstić information content (AvgIpc) is 2.79. The van der Waals surface area contributed by atoms with Gasteiger partial charge in [-0.2, -0.15) is 0 Å². The molecule has 0 unspecified atom stereocenters. The van der Waals surface area contributed by atoms with Crippen molar-refractivity contribution >= 4 is 34.5 Å². The zero-order chi connectivity index (χ0) is 22.8. The predicted molar refractivity (Wildman–Crippen MR) is 122 cm³/mol. The molecular weight excluding hydrogens is 432 g/mol. The van der Waals surface area contributed by atoms with E-state index < -0.39 is 21.2 Å². The molecule has 160 valence electrons. The van der Waals surface area contributed by atoms with Gasteiger partial charge in [0.2, 0.25) is 5.69 Å². The highest BCUT2D eigenvalue weighted by Gasteiger charge is 2.28. The van der Waals surface area contributed by atoms with Gasteiger partial charge in [0.05, 0.1) is 20.7 Å². The molecule has 10 heteroatoms. The van der Waals surface area contributed by atoms with Crippen LogP contribution in [0.15, 0.2) is 77.6 Å². The van der Waals surface area contributed by atoms with Crippen molar-refractivity contribution in [3.63, 3.8) is 0 Å². The van der Waals surface area contributed by atoms with E-state index in [1.807, 2.05) is 30.3 Å². The molecule has 0 N–H and O–H groups in total. The summed E-state index contributed by atoms with van der Waals surface area (Å²) in [5.74, 6) is 0. The van der Waals surface area contributed by atoms with Crippen LogP contribution in [0.2, 0.25) is 0 Å². The lowest BCUT2D eigenvalue weighted by molar-refractivity contribution is -0.393. The number of hydrogen-bond donors (Lipinski definition) is 0. The van der Waals surface area contributed by atoms with Crippen molar-refractivity contribution in [3.05, 3.63) is 114 Å². The van der Waals surface area contributed by atoms with Gasteiger partial charge in [0, 0.05) is 18.7 Å². The van der Waals surface area contributed by atoms with Gasteiger partial charge in [0.1, 0.15) is 0 Å². The molecule has 0 atom stereocenters. The van der Waals surface area contributed by atoms with Crippen LogP contribution in [0.5, 0.6) is 0 Å². The molecule has 0 radical (unpaired) electrons. The maximum Gasteiger partial charge on any atom is 0.300 e. The summed E-state index contributed by atoms with van der Waals surface area (Å²) < 4.78 is 2.53. The molecule has 0 aliphatic rings. The molecule has 32 heavy (non-hydrogen) atoms. The lowest BCUT2D eigenvalue weighted by atomic mass is 10.1. The second kappa shape index (κ2) is 8.52. The molecule has 9 nitrogen and oxygen atoms in total. The molecule has 0 bridgehead atoms. The Morgan fingerprint density at radius 2 is 1.41 bits per heavy atom. The number of nitrogens with zero attached hydrogens (tertiary/aromatic N) is 4. The Kier molecular flexibility index (Phi) is 5.61. The summed E-state index contributed by atoms with van der Waals surface area (Å²) in [5, 5.41) is 23.7. The first-order valence-electron chi connectivity index (χ1n) is 9.61. The van der Waals surface area contributed by atoms with E-state index in [9.17, 15) is 25.0 Å². The highest BCUT2D eigenvalue weighted by Crippen LogP contribution is 2.34. The van der Waals surface area contributed by atoms with E-state index in [1.54, 1.807) is 24.3 Å². The van der Waals surface area contributed by atoms with E-state index in [-0.39, 0.29) is 33.5 Å². The van der Waals surface area contributed by atoms with Crippen LogP contribution in [0.1, 0.15) is 5.56 Å². The predicted octanol–water partition coefficient (Wildman–Crippen LogP) is 4.58. The van der Waals surface area contributed by atoms with Crippen molar-refractivity contribution in [3.8, 4) is 5.69 Å². The lowest BCUT2D eigenvalue weighted by Crippen LogP contribution is -2.26. The van der Waals surface area contributed by atoms with Crippen LogP contribution in [0, 0.1) is 25.0 Å². The third-order valence-corrected chi connectivity index (χ3v) is 5.52. The zero-order valence-electron chi connectivity index (χ0n) is 16.6. The van der Waals surface area contributed by atoms with Crippen LogP contribution in [0.3, 0.4) is 0 Å². The topological polar surface area (TPSA) is 113 Å². The summed E-state index contributed by atoms with van der Waals surface area (Å²) in [5.41, 5.74) is -0.361. The highest BCUT2D eigenvalue weighted by molar-refractivity contribution is 7.71. The second-order valence-corrected chi connectivity index (χ2v) is 7.35. The first kappa shape index (κ1) is 21.1. The Balaban J connectivity index is 2.05. The van der Waals surface area contributed by atoms with Crippen LogP contribution < -0.4 is 5.56 Å². The summed E-state index contributed by atoms with van der Waals surface area (Å²) in [6, 6.07) is 19.5. The fraction of sp³-hybridized carbons (Fsp3) is 0.0909. The van der Waals surface area contributed by atoms with Crippen molar-refractivity contribution < 1.29 is 9.85 Å². The number of fused-ring (bicyclic) bond motifs is 1. The van der Waals surface area contributed by atoms with Crippen LogP contribution in [-0.4, -0.2) is 19.0 Å². The quantitative estimate of drug-likeness (QED) is 0.242. The minimum Gasteiger partial charge on any atom is -0.284 e. The van der Waals surface area contributed by atoms with E-state index in [0.29, 0.717) is 6.42 Å². The number of aryl methyl sites for hydroxylation is 1. The van der Waals surface area contributed by atoms with Gasteiger partial charge in [0.25, 0.3) is 16.9 Å². The molecule has 0 amide bonds. The molecule has 1 aromatic heterocycles. The van der Waals surface area contributed by atoms with Crippen LogP contribution in [0.4, 0.5) is 11.4 Å². The maximum absolute atomic E-state index is 13.2. The van der Waals surface area contributed by atoms with Crippen LogP contribution >= 0.6 is 12.2 Å². The molecule has 0 spiro atoms. The first-order valence-corrected chi connectivity index (χ1v) is 10.0. The fourth-order valence-corrected chi connectivity index (χ4v) is 4.01. The average molecular weight is 448 g/mol. The normalized spacial score (nSPS) is 10.9. The van der Waals surface area contributed by atoms with Crippen molar-refractivity contribution in [2.45, 2.75) is 13.0 Å². The molecule has 0 aliphatic heterocycles. The number of nitro benzene ring substituents is 2. The maximum atomic E-state index is 13.2. The van der Waals surface area contributed by atoms with E-state index in [4.69, 9.17) is 12.2 Å². The molecule has 4 aromatic rings. The molecule has 3 aromatic carbocycles. The molecule has 0 saturated carbocycles. The number of benzene rings is 3. The molecule has 0 fully saturated rings. The molecule has 0 saturated heterocycles. The van der Waals surface area contributed by atoms with Crippen molar-refractivity contribution in [1.29, 1.82) is 0 Å². The summed E-state index contributed by atoms with van der Waals surface area (Å²) in [4.78, 5) is 35.3. The highest BCUT2D eigenvalue weighted by atomic mass is 32.1. The zero-order valence-corrected chi connectivity index (χ0v) is 17.4. The van der Waals surface area contributed by atoms with Gasteiger partial charge in [-0.15, -0.1) is 0 Å². The Hall–Kier alpha value is -4.18. The van der Waals surface area contributed by atoms with Crippen LogP contribution in [0.25, 0.3) is 16.6 Å². The van der Waals surface area contributed by atoms with E-state index in [2.05, 4.69) is 0 Å². The Morgan fingerprint density at radius 3 is 2.03 bits per heavy atom. The van der Waals surface area contributed by atoms with Gasteiger partial charge in [-0.25, -0.2) is 0 Å². The first-order chi connectivity index (χ1) is 15.4. The van der Waals surface area contributed by atoms with Gasteiger partial charge in [0.15, 0.2) is 4.77 Å². The Labute approximate surface area is 186 Å². The summed E-state index contributed by atoms with van der Waals surface area (Å²) >= 11 is 5.58. The molecule has 1 heterocycles. The molecule has 0 aliphatic carbocycles. The molecular formula is C22H16N4O5S. The minimum atomic E-state index is -0.696. The molecule has 4 rings (SSSR count). The van der Waals surface area contributed by atoms with Crippen LogP contribution in [-0.2, 0) is 13.0 Å². The summed E-state index contributed by atoms with van der Waals surface area (Å²) in [6.07, 6.45) is 0.488. The van der Waals surface area contributed by atoms with Gasteiger partial charge in [-0.1, -0.05) is 42.5 Å². The van der Waals surface area contributed by atoms with Crippen molar-refractivity contribution in [1.82, 2.24) is 9.13 Å². The van der Waals surface area contributed by atoms with E-state index in [0.717, 1.165) is 5.56 Å². The SMILES string of the molecule is O=c1c2ccccc2n(-c2c([N+](=O)[O-])cccc2[N+](=O)[O-])c(=S)n1CCc1ccccc1. The van der Waals surface area contributed by atoms with E-state index in [1.165, 1.54) is 27.3 Å². The van der Waals surface area contributed by atoms with Crippen molar-refractivity contribution in [2.24, 2.45) is 0 Å². The summed E-state index contributed by atoms with van der Waals surface area (Å²) in [7, 11) is 0. The third kappa shape index (κ3) is 3.67. The lowest BCUT2D eigenvalue weighted by Gasteiger charge is -2.16. The van der Waals surface area contributed by atoms with Gasteiger partial charge >= 0.3 is 0 Å².